The van der Waals surface area contributed by atoms with Gasteiger partial charge < -0.3 is 45.6 Å². The lowest BCUT2D eigenvalue weighted by Gasteiger charge is -2.48. The number of hydrogen-bond donors (Lipinski definition) is 7. The van der Waals surface area contributed by atoms with Crippen LogP contribution in [0.5, 0.6) is 5.75 Å². The Kier molecular flexibility index (Phi) is 9.97. The van der Waals surface area contributed by atoms with Crippen molar-refractivity contribution in [3.05, 3.63) is 76.4 Å². The fraction of sp³-hybridized carbons (Fsp3) is 0.556. The fourth-order valence-corrected chi connectivity index (χ4v) is 10.4. The third kappa shape index (κ3) is 6.25. The van der Waals surface area contributed by atoms with Gasteiger partial charge in [0, 0.05) is 17.9 Å². The third-order valence-corrected chi connectivity index (χ3v) is 13.2. The first kappa shape index (κ1) is 34.7. The number of ether oxygens (including phenoxy) is 2. The van der Waals surface area contributed by atoms with Gasteiger partial charge in [-0.05, 0) is 54.5 Å². The van der Waals surface area contributed by atoms with Crippen LogP contribution in [0.2, 0.25) is 0 Å². The zero-order valence-corrected chi connectivity index (χ0v) is 28.8. The van der Waals surface area contributed by atoms with Crippen LogP contribution in [-0.2, 0) is 4.74 Å². The molecule has 0 amide bonds. The largest absolute Gasteiger partial charge is 0.511 e. The van der Waals surface area contributed by atoms with E-state index in [4.69, 9.17) is 9.47 Å². The van der Waals surface area contributed by atoms with Gasteiger partial charge in [0.15, 0.2) is 11.6 Å². The second-order valence-electron chi connectivity index (χ2n) is 13.9. The lowest BCUT2D eigenvalue weighted by Crippen LogP contribution is -2.68. The SMILES string of the molecule is O=C1c2cccc3c2C(=O)C2(CSSCNC4=CC(=CCN4)CCC4(O)C(O)C(CO)OC(O3)C4O)C(O)=CC(CC3CCCCC3)=CC12. The summed E-state index contributed by atoms with van der Waals surface area (Å²) in [5, 5.41) is 62.9. The Labute approximate surface area is 293 Å². The molecular weight excluding hydrogens is 669 g/mol. The van der Waals surface area contributed by atoms with Crippen LogP contribution in [0.3, 0.4) is 0 Å². The molecule has 0 radical (unpaired) electrons. The van der Waals surface area contributed by atoms with E-state index in [1.54, 1.807) is 18.2 Å². The van der Waals surface area contributed by atoms with Crippen molar-refractivity contribution in [2.75, 3.05) is 24.8 Å². The number of carbonyl (C=O) groups is 2. The van der Waals surface area contributed by atoms with E-state index < -0.39 is 53.9 Å². The molecule has 13 heteroatoms. The summed E-state index contributed by atoms with van der Waals surface area (Å²) >= 11 is 0. The van der Waals surface area contributed by atoms with Gasteiger partial charge in [-0.25, -0.2) is 0 Å². The van der Waals surface area contributed by atoms with Gasteiger partial charge in [0.2, 0.25) is 6.29 Å². The first-order valence-corrected chi connectivity index (χ1v) is 19.6. The quantitative estimate of drug-likeness (QED) is 0.226. The monoisotopic (exact) mass is 712 g/mol. The number of nitrogens with one attached hydrogen (secondary N) is 2. The maximum atomic E-state index is 14.9. The molecule has 7 N–H and O–H groups in total. The maximum Gasteiger partial charge on any atom is 0.229 e. The van der Waals surface area contributed by atoms with Crippen molar-refractivity contribution in [3.8, 4) is 5.75 Å². The Balaban J connectivity index is 1.30. The van der Waals surface area contributed by atoms with E-state index in [-0.39, 0.29) is 40.6 Å². The molecule has 3 aliphatic carbocycles. The summed E-state index contributed by atoms with van der Waals surface area (Å²) < 4.78 is 11.9. The van der Waals surface area contributed by atoms with Crippen LogP contribution in [-0.4, -0.2) is 92.1 Å². The minimum absolute atomic E-state index is 0.0438. The second-order valence-corrected chi connectivity index (χ2v) is 16.4. The molecule has 264 valence electrons. The van der Waals surface area contributed by atoms with Gasteiger partial charge in [-0.1, -0.05) is 78.0 Å². The molecule has 1 saturated carbocycles. The van der Waals surface area contributed by atoms with Gasteiger partial charge in [0.05, 0.1) is 29.8 Å². The number of dihydropyridines is 1. The van der Waals surface area contributed by atoms with Crippen LogP contribution in [0.15, 0.2) is 65.2 Å². The molecule has 1 spiro atoms. The van der Waals surface area contributed by atoms with Crippen molar-refractivity contribution in [1.82, 2.24) is 10.6 Å². The van der Waals surface area contributed by atoms with E-state index in [1.807, 2.05) is 18.2 Å². The normalized spacial score (nSPS) is 35.5. The molecule has 0 aromatic heterocycles. The highest BCUT2D eigenvalue weighted by Gasteiger charge is 2.59. The Bertz CT molecular complexity index is 1600. The minimum Gasteiger partial charge on any atom is -0.511 e. The second kappa shape index (κ2) is 14.1. The van der Waals surface area contributed by atoms with Gasteiger partial charge in [-0.2, -0.15) is 0 Å². The number of benzene rings is 1. The van der Waals surface area contributed by atoms with Crippen molar-refractivity contribution in [2.45, 2.75) is 81.6 Å². The molecule has 1 aromatic rings. The van der Waals surface area contributed by atoms with E-state index in [0.29, 0.717) is 24.8 Å². The lowest BCUT2D eigenvalue weighted by molar-refractivity contribution is -0.315. The molecule has 11 nitrogen and oxygen atoms in total. The van der Waals surface area contributed by atoms with E-state index in [1.165, 1.54) is 34.1 Å². The summed E-state index contributed by atoms with van der Waals surface area (Å²) in [4.78, 5) is 29.3. The topological polar surface area (TPSA) is 178 Å². The van der Waals surface area contributed by atoms with Crippen LogP contribution < -0.4 is 15.4 Å². The van der Waals surface area contributed by atoms with Gasteiger partial charge in [-0.3, -0.25) is 9.59 Å². The van der Waals surface area contributed by atoms with Crippen molar-refractivity contribution >= 4 is 33.2 Å². The number of Topliss-reactive ketones (excluding diaryl/α,β-unsaturated/α-hetero) is 2. The first-order valence-electron chi connectivity index (χ1n) is 17.1. The number of ketones is 2. The van der Waals surface area contributed by atoms with E-state index in [2.05, 4.69) is 10.6 Å². The Morgan fingerprint density at radius 1 is 1.02 bits per heavy atom. The Hall–Kier alpha value is -2.78. The number of fused-ring (bicyclic) bond motifs is 3. The van der Waals surface area contributed by atoms with E-state index in [0.717, 1.165) is 49.1 Å². The molecule has 7 rings (SSSR count). The van der Waals surface area contributed by atoms with Gasteiger partial charge in [-0.15, -0.1) is 0 Å². The molecule has 6 bridgehead atoms. The zero-order valence-electron chi connectivity index (χ0n) is 27.2. The predicted octanol–water partition coefficient (Wildman–Crippen LogP) is 3.66. The number of aliphatic hydroxyl groups is 5. The van der Waals surface area contributed by atoms with E-state index >= 15 is 0 Å². The molecule has 1 aromatic carbocycles. The highest BCUT2D eigenvalue weighted by atomic mass is 33.1. The summed E-state index contributed by atoms with van der Waals surface area (Å²) in [5.41, 5.74) is -1.92. The summed E-state index contributed by atoms with van der Waals surface area (Å²) in [6.45, 7) is -0.146. The molecule has 1 saturated heterocycles. The standard InChI is InChI=1S/C36H44N2O9S2/c39-17-26-31(42)36(45)11-9-21-10-12-37-28(16-21)38-19-49-48-18-35-24(14-22(15-27(35)40)13-20-5-2-1-3-6-20)30(41)23-7-4-8-25(29(23)32(35)43)46-34(47-26)33(36)44/h4,7-8,10,14-16,20,24,26,31,33-34,37-40,42,44-45H,1-3,5-6,9,11-13,17-19H2. The third-order valence-electron chi connectivity index (χ3n) is 11.0. The molecule has 2 fully saturated rings. The van der Waals surface area contributed by atoms with Crippen LogP contribution >= 0.6 is 21.6 Å². The molecule has 49 heavy (non-hydrogen) atoms. The zero-order chi connectivity index (χ0) is 34.3. The fourth-order valence-electron chi connectivity index (χ4n) is 8.18. The van der Waals surface area contributed by atoms with E-state index in [9.17, 15) is 35.1 Å². The molecule has 7 unspecified atom stereocenters. The maximum absolute atomic E-state index is 14.9. The highest BCUT2D eigenvalue weighted by molar-refractivity contribution is 8.76. The Morgan fingerprint density at radius 2 is 1.84 bits per heavy atom. The van der Waals surface area contributed by atoms with Crippen LogP contribution in [0.4, 0.5) is 0 Å². The summed E-state index contributed by atoms with van der Waals surface area (Å²) in [7, 11) is 2.86. The summed E-state index contributed by atoms with van der Waals surface area (Å²) in [6.07, 6.45) is 7.72. The highest BCUT2D eigenvalue weighted by Crippen LogP contribution is 2.53. The number of rotatable bonds is 3. The van der Waals surface area contributed by atoms with Crippen LogP contribution in [0, 0.1) is 17.3 Å². The molecule has 3 aliphatic heterocycles. The predicted molar refractivity (Wildman–Crippen MR) is 186 cm³/mol. The number of hydrogen-bond acceptors (Lipinski definition) is 13. The van der Waals surface area contributed by atoms with Gasteiger partial charge in [0.1, 0.15) is 40.8 Å². The first-order chi connectivity index (χ1) is 23.7. The minimum atomic E-state index is -2.15. The van der Waals surface area contributed by atoms with Crippen LogP contribution in [0.1, 0.15) is 72.1 Å². The number of aliphatic hydroxyl groups excluding tert-OH is 4. The van der Waals surface area contributed by atoms with Crippen molar-refractivity contribution < 1.29 is 44.6 Å². The Morgan fingerprint density at radius 3 is 2.63 bits per heavy atom. The average Bonchev–Trinajstić information content (AvgIpc) is 3.11. The molecule has 3 heterocycles. The van der Waals surface area contributed by atoms with Crippen molar-refractivity contribution in [1.29, 1.82) is 0 Å². The smallest absolute Gasteiger partial charge is 0.229 e. The molecular formula is C36H44N2O9S2. The van der Waals surface area contributed by atoms with Crippen LogP contribution in [0.25, 0.3) is 0 Å². The molecule has 6 aliphatic rings. The lowest BCUT2D eigenvalue weighted by atomic mass is 9.60. The van der Waals surface area contributed by atoms with Crippen molar-refractivity contribution in [2.24, 2.45) is 17.3 Å². The molecule has 7 atom stereocenters. The number of allylic oxidation sites excluding steroid dienone is 6. The summed E-state index contributed by atoms with van der Waals surface area (Å²) in [6, 6.07) is 4.62. The van der Waals surface area contributed by atoms with Gasteiger partial charge in [0.25, 0.3) is 0 Å². The van der Waals surface area contributed by atoms with Gasteiger partial charge >= 0.3 is 0 Å². The number of carbonyl (C=O) groups excluding carboxylic acids is 2. The van der Waals surface area contributed by atoms with Crippen molar-refractivity contribution in [3.63, 3.8) is 0 Å². The summed E-state index contributed by atoms with van der Waals surface area (Å²) in [5.74, 6) is -0.185. The average molecular weight is 713 g/mol.